The number of anilines is 1. The van der Waals surface area contributed by atoms with E-state index < -0.39 is 13.3 Å². The van der Waals surface area contributed by atoms with Gasteiger partial charge in [-0.25, -0.2) is 4.79 Å². The average Bonchev–Trinajstić information content (AvgIpc) is 2.39. The SMILES string of the molecule is CCCCOC(=O)c1ccc(N)cc1.O=C([O-])P(=O)([O-])[O-].[Na+].[Na+].[Na+]. The van der Waals surface area contributed by atoms with Crippen molar-refractivity contribution in [3.8, 4) is 0 Å². The summed E-state index contributed by atoms with van der Waals surface area (Å²) >= 11 is 0. The van der Waals surface area contributed by atoms with E-state index in [1.807, 2.05) is 0 Å². The van der Waals surface area contributed by atoms with Crippen LogP contribution in [0, 0.1) is 0 Å². The van der Waals surface area contributed by atoms with E-state index in [1.54, 1.807) is 24.3 Å². The molecule has 0 amide bonds. The minimum absolute atomic E-state index is 0. The minimum Gasteiger partial charge on any atom is -0.807 e. The minimum atomic E-state index is -5.43. The normalized spacial score (nSPS) is 8.96. The van der Waals surface area contributed by atoms with Crippen LogP contribution < -0.4 is 109 Å². The van der Waals surface area contributed by atoms with Crippen molar-refractivity contribution in [2.45, 2.75) is 19.8 Å². The Bertz CT molecular complexity index is 522. The van der Waals surface area contributed by atoms with Gasteiger partial charge in [0.2, 0.25) is 0 Å². The van der Waals surface area contributed by atoms with Crippen LogP contribution in [0.3, 0.4) is 0 Å². The quantitative estimate of drug-likeness (QED) is 0.172. The van der Waals surface area contributed by atoms with Crippen molar-refractivity contribution >= 4 is 25.0 Å². The molecule has 0 bridgehead atoms. The van der Waals surface area contributed by atoms with Gasteiger partial charge in [-0.1, -0.05) is 13.3 Å². The molecule has 118 valence electrons. The molecule has 0 heterocycles. The topological polar surface area (TPSA) is 156 Å². The monoisotopic (exact) mass is 385 g/mol. The van der Waals surface area contributed by atoms with Gasteiger partial charge in [0.05, 0.1) is 17.9 Å². The Balaban J connectivity index is -0.000000175. The summed E-state index contributed by atoms with van der Waals surface area (Å²) in [6, 6.07) is 6.72. The zero-order valence-corrected chi connectivity index (χ0v) is 21.2. The molecule has 1 rings (SSSR count). The number of rotatable bonds is 5. The molecule has 0 spiro atoms. The van der Waals surface area contributed by atoms with E-state index in [-0.39, 0.29) is 94.6 Å². The van der Waals surface area contributed by atoms with E-state index in [0.29, 0.717) is 17.9 Å². The van der Waals surface area contributed by atoms with Crippen molar-refractivity contribution in [3.63, 3.8) is 0 Å². The maximum Gasteiger partial charge on any atom is 1.00 e. The molecule has 0 atom stereocenters. The van der Waals surface area contributed by atoms with Crippen LogP contribution in [-0.4, -0.2) is 18.3 Å². The first-order valence-electron chi connectivity index (χ1n) is 5.94. The molecule has 0 aliphatic carbocycles. The zero-order valence-electron chi connectivity index (χ0n) is 14.3. The average molecular weight is 385 g/mol. The van der Waals surface area contributed by atoms with Gasteiger partial charge in [-0.3, -0.25) is 0 Å². The third-order valence-electron chi connectivity index (χ3n) is 2.10. The molecule has 1 aromatic rings. The maximum atomic E-state index is 11.4. The van der Waals surface area contributed by atoms with Crippen molar-refractivity contribution in [1.29, 1.82) is 0 Å². The first-order valence-corrected chi connectivity index (χ1v) is 7.49. The molecule has 0 aliphatic heterocycles. The summed E-state index contributed by atoms with van der Waals surface area (Å²) in [4.78, 5) is 38.7. The van der Waals surface area contributed by atoms with Crippen LogP contribution in [0.4, 0.5) is 10.5 Å². The number of nitrogens with two attached hydrogens (primary N) is 1. The van der Waals surface area contributed by atoms with Crippen LogP contribution in [0.15, 0.2) is 24.3 Å². The van der Waals surface area contributed by atoms with Gasteiger partial charge in [0.15, 0.2) is 0 Å². The Hall–Kier alpha value is 1.11. The van der Waals surface area contributed by atoms with Gasteiger partial charge in [-0.05, 0) is 38.3 Å². The fourth-order valence-corrected chi connectivity index (χ4v) is 1.01. The fourth-order valence-electron chi connectivity index (χ4n) is 1.01. The van der Waals surface area contributed by atoms with Crippen molar-refractivity contribution in [3.05, 3.63) is 29.8 Å². The van der Waals surface area contributed by atoms with Crippen LogP contribution in [0.5, 0.6) is 0 Å². The van der Waals surface area contributed by atoms with Crippen LogP contribution in [-0.2, 0) is 9.30 Å². The van der Waals surface area contributed by atoms with Gasteiger partial charge in [0, 0.05) is 5.69 Å². The summed E-state index contributed by atoms with van der Waals surface area (Å²) in [6.07, 6.45) is 1.93. The molecule has 0 aliphatic rings. The Morgan fingerprint density at radius 2 is 1.54 bits per heavy atom. The second kappa shape index (κ2) is 17.5. The summed E-state index contributed by atoms with van der Waals surface area (Å²) in [7, 11) is -5.43. The van der Waals surface area contributed by atoms with Gasteiger partial charge in [-0.2, -0.15) is 0 Å². The van der Waals surface area contributed by atoms with Crippen LogP contribution in [0.2, 0.25) is 0 Å². The molecule has 0 saturated heterocycles. The Morgan fingerprint density at radius 1 is 1.12 bits per heavy atom. The molecule has 24 heavy (non-hydrogen) atoms. The van der Waals surface area contributed by atoms with Crippen molar-refractivity contribution in [2.75, 3.05) is 12.3 Å². The predicted molar refractivity (Wildman–Crippen MR) is 69.0 cm³/mol. The van der Waals surface area contributed by atoms with Gasteiger partial charge in [0.25, 0.3) is 0 Å². The summed E-state index contributed by atoms with van der Waals surface area (Å²) < 4.78 is 14.2. The largest absolute Gasteiger partial charge is 1.00 e. The Kier molecular flexibility index (Phi) is 23.9. The molecular weight excluding hydrogens is 370 g/mol. The number of ether oxygens (including phenoxy) is 1. The molecular formula is C12H15NNa3O7P. The molecule has 1 aromatic carbocycles. The van der Waals surface area contributed by atoms with Gasteiger partial charge >= 0.3 is 94.6 Å². The number of carbonyl (C=O) groups is 2. The smallest absolute Gasteiger partial charge is 0.807 e. The molecule has 0 aromatic heterocycles. The molecule has 8 nitrogen and oxygen atoms in total. The van der Waals surface area contributed by atoms with E-state index in [1.165, 1.54) is 0 Å². The van der Waals surface area contributed by atoms with Crippen molar-refractivity contribution in [2.24, 2.45) is 0 Å². The molecule has 0 radical (unpaired) electrons. The standard InChI is InChI=1S/C11H15NO2.CH3O5P.3Na/c1-2-3-8-14-11(13)9-4-6-10(12)7-5-9;2-1(3)7(4,5)6;;;/h4-7H,2-3,8,12H2,1H3;(H,2,3)(H2,4,5,6);;;/q;;3*+1/p-3. The van der Waals surface area contributed by atoms with Crippen molar-refractivity contribution < 1.29 is 122 Å². The number of unbranched alkanes of at least 4 members (excludes halogenated alkanes) is 1. The maximum absolute atomic E-state index is 11.4. The van der Waals surface area contributed by atoms with E-state index in [2.05, 4.69) is 6.92 Å². The fraction of sp³-hybridized carbons (Fsp3) is 0.333. The number of carboxylic acid groups (broad SMARTS) is 1. The first-order chi connectivity index (χ1) is 9.68. The number of hydrogen-bond donors (Lipinski definition) is 1. The third-order valence-corrected chi connectivity index (χ3v) is 2.55. The van der Waals surface area contributed by atoms with Gasteiger partial charge in [0.1, 0.15) is 0 Å². The summed E-state index contributed by atoms with van der Waals surface area (Å²) in [6.45, 7) is 2.54. The Labute approximate surface area is 206 Å². The number of carbonyl (C=O) groups excluding carboxylic acids is 2. The number of esters is 1. The number of hydrogen-bond acceptors (Lipinski definition) is 8. The van der Waals surface area contributed by atoms with Gasteiger partial charge in [-0.15, -0.1) is 0 Å². The van der Waals surface area contributed by atoms with E-state index in [4.69, 9.17) is 34.7 Å². The molecule has 0 saturated carbocycles. The van der Waals surface area contributed by atoms with Crippen molar-refractivity contribution in [1.82, 2.24) is 0 Å². The van der Waals surface area contributed by atoms with E-state index in [9.17, 15) is 4.79 Å². The molecule has 12 heteroatoms. The van der Waals surface area contributed by atoms with Gasteiger partial charge < -0.3 is 34.7 Å². The Morgan fingerprint density at radius 3 is 1.88 bits per heavy atom. The second-order valence-corrected chi connectivity index (χ2v) is 5.23. The first kappa shape index (κ1) is 32.8. The van der Waals surface area contributed by atoms with Crippen LogP contribution in [0.1, 0.15) is 30.1 Å². The van der Waals surface area contributed by atoms with E-state index in [0.717, 1.165) is 12.8 Å². The summed E-state index contributed by atoms with van der Waals surface area (Å²) in [5, 5.41) is 9.02. The summed E-state index contributed by atoms with van der Waals surface area (Å²) in [5.74, 6) is -0.279. The van der Waals surface area contributed by atoms with E-state index >= 15 is 0 Å². The van der Waals surface area contributed by atoms with Crippen LogP contribution >= 0.6 is 7.60 Å². The molecule has 2 N–H and O–H groups in total. The number of nitrogen functional groups attached to an aromatic ring is 1. The number of benzene rings is 1. The zero-order chi connectivity index (χ0) is 16.5. The van der Waals surface area contributed by atoms with Crippen LogP contribution in [0.25, 0.3) is 0 Å². The third kappa shape index (κ3) is 16.6. The molecule has 0 unspecified atom stereocenters. The predicted octanol–water partition coefficient (Wildman–Crippen LogP) is -9.52. The summed E-state index contributed by atoms with van der Waals surface area (Å²) in [5.41, 5.74) is 4.13. The molecule has 0 fully saturated rings. The second-order valence-electron chi connectivity index (χ2n) is 3.87.